The maximum absolute atomic E-state index is 11.5. The van der Waals surface area contributed by atoms with Crippen molar-refractivity contribution >= 4 is 46.6 Å². The molecule has 0 aliphatic carbocycles. The van der Waals surface area contributed by atoms with Gasteiger partial charge < -0.3 is 14.5 Å². The summed E-state index contributed by atoms with van der Waals surface area (Å²) in [6.07, 6.45) is 0. The molecular formula is C14H16INO4. The summed E-state index contributed by atoms with van der Waals surface area (Å²) in [6, 6.07) is 6.84. The van der Waals surface area contributed by atoms with E-state index in [1.165, 1.54) is 13.0 Å². The quantitative estimate of drug-likeness (QED) is 0.495. The summed E-state index contributed by atoms with van der Waals surface area (Å²) in [4.78, 5) is 22.3. The van der Waals surface area contributed by atoms with E-state index in [9.17, 15) is 9.59 Å². The van der Waals surface area contributed by atoms with Crippen molar-refractivity contribution in [3.05, 3.63) is 40.2 Å². The molecular weight excluding hydrogens is 373 g/mol. The Balaban J connectivity index is 0.00000200. The largest absolute Gasteiger partial charge is 0.461 e. The Morgan fingerprint density at radius 1 is 1.35 bits per heavy atom. The average Bonchev–Trinajstić information content (AvgIpc) is 2.35. The molecule has 0 aliphatic rings. The van der Waals surface area contributed by atoms with E-state index in [4.69, 9.17) is 9.15 Å². The SMILES string of the molecule is CCNc1ccc2c(COC(C)=O)cc(=O)oc2c1.I. The van der Waals surface area contributed by atoms with Gasteiger partial charge in [0, 0.05) is 42.2 Å². The average molecular weight is 389 g/mol. The summed E-state index contributed by atoms with van der Waals surface area (Å²) >= 11 is 0. The van der Waals surface area contributed by atoms with Crippen LogP contribution in [0, 0.1) is 0 Å². The van der Waals surface area contributed by atoms with Crippen LogP contribution in [0.2, 0.25) is 0 Å². The first kappa shape index (κ1) is 16.5. The summed E-state index contributed by atoms with van der Waals surface area (Å²) < 4.78 is 10.1. The molecule has 0 spiro atoms. The van der Waals surface area contributed by atoms with Crippen molar-refractivity contribution in [2.24, 2.45) is 0 Å². The third-order valence-electron chi connectivity index (χ3n) is 2.64. The molecule has 20 heavy (non-hydrogen) atoms. The lowest BCUT2D eigenvalue weighted by Gasteiger charge is -2.08. The molecule has 1 N–H and O–H groups in total. The fourth-order valence-corrected chi connectivity index (χ4v) is 1.84. The molecule has 0 fully saturated rings. The first-order valence-electron chi connectivity index (χ1n) is 6.04. The van der Waals surface area contributed by atoms with E-state index in [0.29, 0.717) is 11.1 Å². The number of rotatable bonds is 4. The molecule has 6 heteroatoms. The fourth-order valence-electron chi connectivity index (χ4n) is 1.84. The highest BCUT2D eigenvalue weighted by molar-refractivity contribution is 14.0. The van der Waals surface area contributed by atoms with Gasteiger partial charge in [-0.25, -0.2) is 4.79 Å². The lowest BCUT2D eigenvalue weighted by atomic mass is 10.1. The van der Waals surface area contributed by atoms with Gasteiger partial charge in [-0.15, -0.1) is 24.0 Å². The van der Waals surface area contributed by atoms with Gasteiger partial charge in [-0.05, 0) is 19.1 Å². The number of halogens is 1. The molecule has 5 nitrogen and oxygen atoms in total. The van der Waals surface area contributed by atoms with E-state index >= 15 is 0 Å². The maximum atomic E-state index is 11.5. The van der Waals surface area contributed by atoms with E-state index < -0.39 is 5.63 Å². The number of fused-ring (bicyclic) bond motifs is 1. The Hall–Kier alpha value is -1.57. The van der Waals surface area contributed by atoms with Crippen LogP contribution in [0.15, 0.2) is 33.5 Å². The van der Waals surface area contributed by atoms with Crippen LogP contribution in [0.3, 0.4) is 0 Å². The first-order valence-corrected chi connectivity index (χ1v) is 6.04. The van der Waals surface area contributed by atoms with Crippen molar-refractivity contribution < 1.29 is 13.9 Å². The molecule has 0 amide bonds. The van der Waals surface area contributed by atoms with Crippen LogP contribution >= 0.6 is 24.0 Å². The zero-order valence-electron chi connectivity index (χ0n) is 11.3. The van der Waals surface area contributed by atoms with E-state index in [-0.39, 0.29) is 36.6 Å². The Morgan fingerprint density at radius 2 is 2.10 bits per heavy atom. The minimum Gasteiger partial charge on any atom is -0.461 e. The topological polar surface area (TPSA) is 68.5 Å². The number of hydrogen-bond acceptors (Lipinski definition) is 5. The van der Waals surface area contributed by atoms with Crippen LogP contribution in [-0.4, -0.2) is 12.5 Å². The van der Waals surface area contributed by atoms with Gasteiger partial charge in [-0.2, -0.15) is 0 Å². The predicted molar refractivity (Wildman–Crippen MR) is 87.5 cm³/mol. The summed E-state index contributed by atoms with van der Waals surface area (Å²) in [5.74, 6) is -0.384. The smallest absolute Gasteiger partial charge is 0.336 e. The Labute approximate surface area is 133 Å². The molecule has 1 aromatic heterocycles. The van der Waals surface area contributed by atoms with Gasteiger partial charge in [0.1, 0.15) is 12.2 Å². The number of anilines is 1. The summed E-state index contributed by atoms with van der Waals surface area (Å²) in [7, 11) is 0. The minimum absolute atomic E-state index is 0. The minimum atomic E-state index is -0.455. The zero-order chi connectivity index (χ0) is 13.8. The summed E-state index contributed by atoms with van der Waals surface area (Å²) in [5.41, 5.74) is 1.55. The highest BCUT2D eigenvalue weighted by Gasteiger charge is 2.07. The monoisotopic (exact) mass is 389 g/mol. The lowest BCUT2D eigenvalue weighted by molar-refractivity contribution is -0.142. The van der Waals surface area contributed by atoms with Gasteiger partial charge in [-0.1, -0.05) is 0 Å². The second kappa shape index (κ2) is 7.28. The molecule has 2 rings (SSSR count). The van der Waals surface area contributed by atoms with Gasteiger partial charge in [-0.3, -0.25) is 4.79 Å². The molecule has 0 unspecified atom stereocenters. The molecule has 0 bridgehead atoms. The maximum Gasteiger partial charge on any atom is 0.336 e. The lowest BCUT2D eigenvalue weighted by Crippen LogP contribution is -2.05. The van der Waals surface area contributed by atoms with Crippen LogP contribution in [0.5, 0.6) is 0 Å². The molecule has 2 aromatic rings. The van der Waals surface area contributed by atoms with Gasteiger partial charge >= 0.3 is 11.6 Å². The molecule has 1 aromatic carbocycles. The predicted octanol–water partition coefficient (Wildman–Crippen LogP) is 2.91. The van der Waals surface area contributed by atoms with Crippen LogP contribution in [-0.2, 0) is 16.1 Å². The first-order chi connectivity index (χ1) is 9.10. The van der Waals surface area contributed by atoms with Gasteiger partial charge in [0.15, 0.2) is 0 Å². The number of carbonyl (C=O) groups excluding carboxylic acids is 1. The van der Waals surface area contributed by atoms with Crippen LogP contribution in [0.1, 0.15) is 19.4 Å². The van der Waals surface area contributed by atoms with Gasteiger partial charge in [0.2, 0.25) is 0 Å². The number of nitrogens with one attached hydrogen (secondary N) is 1. The van der Waals surface area contributed by atoms with E-state index in [1.54, 1.807) is 6.07 Å². The zero-order valence-corrected chi connectivity index (χ0v) is 13.6. The third-order valence-corrected chi connectivity index (χ3v) is 2.64. The Bertz CT molecular complexity index is 666. The number of carbonyl (C=O) groups is 1. The highest BCUT2D eigenvalue weighted by atomic mass is 127. The second-order valence-electron chi connectivity index (χ2n) is 4.11. The molecule has 0 atom stereocenters. The molecule has 108 valence electrons. The standard InChI is InChI=1S/C14H15NO4.HI/c1-3-15-11-4-5-12-10(8-18-9(2)16)6-14(17)19-13(12)7-11;/h4-7,15H,3,8H2,1-2H3;1H. The highest BCUT2D eigenvalue weighted by Crippen LogP contribution is 2.21. The van der Waals surface area contributed by atoms with Crippen LogP contribution < -0.4 is 10.9 Å². The fraction of sp³-hybridized carbons (Fsp3) is 0.286. The number of hydrogen-bond donors (Lipinski definition) is 1. The van der Waals surface area contributed by atoms with Crippen LogP contribution in [0.25, 0.3) is 11.0 Å². The summed E-state index contributed by atoms with van der Waals surface area (Å²) in [6.45, 7) is 4.16. The van der Waals surface area contributed by atoms with E-state index in [0.717, 1.165) is 17.6 Å². The van der Waals surface area contributed by atoms with Crippen molar-refractivity contribution in [3.8, 4) is 0 Å². The Morgan fingerprint density at radius 3 is 2.75 bits per heavy atom. The van der Waals surface area contributed by atoms with Crippen molar-refractivity contribution in [3.63, 3.8) is 0 Å². The second-order valence-corrected chi connectivity index (χ2v) is 4.11. The van der Waals surface area contributed by atoms with Crippen molar-refractivity contribution in [2.75, 3.05) is 11.9 Å². The third kappa shape index (κ3) is 3.96. The summed E-state index contributed by atoms with van der Waals surface area (Å²) in [5, 5.41) is 3.91. The van der Waals surface area contributed by atoms with Gasteiger partial charge in [0.05, 0.1) is 0 Å². The molecule has 1 heterocycles. The van der Waals surface area contributed by atoms with E-state index in [1.807, 2.05) is 19.1 Å². The normalized spacial score (nSPS) is 9.90. The van der Waals surface area contributed by atoms with Crippen LogP contribution in [0.4, 0.5) is 5.69 Å². The number of ether oxygens (including phenoxy) is 1. The molecule has 0 saturated heterocycles. The Kier molecular flexibility index (Phi) is 6.00. The van der Waals surface area contributed by atoms with Crippen molar-refractivity contribution in [1.29, 1.82) is 0 Å². The van der Waals surface area contributed by atoms with E-state index in [2.05, 4.69) is 5.32 Å². The van der Waals surface area contributed by atoms with Crippen molar-refractivity contribution in [1.82, 2.24) is 0 Å². The van der Waals surface area contributed by atoms with Crippen molar-refractivity contribution in [2.45, 2.75) is 20.5 Å². The molecule has 0 aliphatic heterocycles. The number of benzene rings is 1. The van der Waals surface area contributed by atoms with Gasteiger partial charge in [0.25, 0.3) is 0 Å². The molecule has 0 radical (unpaired) electrons. The molecule has 0 saturated carbocycles. The number of esters is 1.